The quantitative estimate of drug-likeness (QED) is 0.326. The number of aliphatic imine (C=N–C) groups is 1. The summed E-state index contributed by atoms with van der Waals surface area (Å²) in [6, 6.07) is 16.3. The predicted octanol–water partition coefficient (Wildman–Crippen LogP) is 1.20. The molecule has 1 aliphatic rings. The summed E-state index contributed by atoms with van der Waals surface area (Å²) >= 11 is 0. The zero-order valence-corrected chi connectivity index (χ0v) is 19.1. The lowest BCUT2D eigenvalue weighted by Gasteiger charge is -2.13. The van der Waals surface area contributed by atoms with Crippen LogP contribution in [0.5, 0.6) is 0 Å². The van der Waals surface area contributed by atoms with Gasteiger partial charge in [0, 0.05) is 12.1 Å². The van der Waals surface area contributed by atoms with Crippen LogP contribution in [0.2, 0.25) is 0 Å². The molecule has 1 aliphatic heterocycles. The van der Waals surface area contributed by atoms with E-state index in [1.165, 1.54) is 11.1 Å². The highest BCUT2D eigenvalue weighted by molar-refractivity contribution is 7.89. The van der Waals surface area contributed by atoms with Gasteiger partial charge < -0.3 is 10.2 Å². The van der Waals surface area contributed by atoms with Crippen molar-refractivity contribution in [3.05, 3.63) is 70.8 Å². The molecule has 0 aromatic heterocycles. The van der Waals surface area contributed by atoms with Gasteiger partial charge in [-0.25, -0.2) is 28.6 Å². The zero-order valence-electron chi connectivity index (χ0n) is 18.3. The van der Waals surface area contributed by atoms with Crippen LogP contribution in [0.1, 0.15) is 35.6 Å². The van der Waals surface area contributed by atoms with E-state index < -0.39 is 22.0 Å². The van der Waals surface area contributed by atoms with E-state index in [1.54, 1.807) is 5.01 Å². The number of carboxylic acids is 2. The normalized spacial score (nSPS) is 13.2. The summed E-state index contributed by atoms with van der Waals surface area (Å²) in [6.07, 6.45) is 1.44. The zero-order chi connectivity index (χ0) is 24.4. The van der Waals surface area contributed by atoms with Crippen molar-refractivity contribution in [2.75, 3.05) is 18.8 Å². The molecule has 178 valence electrons. The van der Waals surface area contributed by atoms with Gasteiger partial charge in [0.1, 0.15) is 5.84 Å². The molecule has 5 N–H and O–H groups in total. The number of nitrogens with zero attached hydrogens (tertiary/aromatic N) is 2. The lowest BCUT2D eigenvalue weighted by molar-refractivity contribution is -0.159. The lowest BCUT2D eigenvalue weighted by atomic mass is 10.0. The first-order valence-electron chi connectivity index (χ1n) is 10.3. The van der Waals surface area contributed by atoms with Crippen molar-refractivity contribution < 1.29 is 28.2 Å². The second kappa shape index (κ2) is 12.1. The molecule has 33 heavy (non-hydrogen) atoms. The molecule has 3 rings (SSSR count). The molecule has 0 radical (unpaired) electrons. The minimum absolute atomic E-state index is 0.162. The Kier molecular flexibility index (Phi) is 9.52. The average Bonchev–Trinajstić information content (AvgIpc) is 3.20. The van der Waals surface area contributed by atoms with Crippen molar-refractivity contribution >= 4 is 27.8 Å². The number of hydrazine groups is 1. The summed E-state index contributed by atoms with van der Waals surface area (Å²) in [5, 5.41) is 16.5. The first-order chi connectivity index (χ1) is 15.6. The van der Waals surface area contributed by atoms with Gasteiger partial charge in [0.15, 0.2) is 0 Å². The van der Waals surface area contributed by atoms with E-state index >= 15 is 0 Å². The SMILES string of the molecule is CCCS(=O)(=O)NCc1ccc(Cc2ccc(C3=NCCN3N)cc2)cc1.O=C(O)C(=O)O. The van der Waals surface area contributed by atoms with Gasteiger partial charge in [-0.05, 0) is 29.5 Å². The largest absolute Gasteiger partial charge is 0.473 e. The van der Waals surface area contributed by atoms with Gasteiger partial charge in [-0.3, -0.25) is 10.0 Å². The molecule has 0 spiro atoms. The van der Waals surface area contributed by atoms with E-state index in [2.05, 4.69) is 34.0 Å². The number of sulfonamides is 1. The third-order valence-corrected chi connectivity index (χ3v) is 6.20. The Bertz CT molecular complexity index is 1070. The molecule has 0 bridgehead atoms. The molecule has 0 fully saturated rings. The molecule has 1 heterocycles. The van der Waals surface area contributed by atoms with E-state index in [9.17, 15) is 8.42 Å². The van der Waals surface area contributed by atoms with Gasteiger partial charge in [0.25, 0.3) is 0 Å². The van der Waals surface area contributed by atoms with Crippen LogP contribution in [0.4, 0.5) is 0 Å². The topological polar surface area (TPSA) is 162 Å². The Labute approximate surface area is 192 Å². The molecule has 0 unspecified atom stereocenters. The highest BCUT2D eigenvalue weighted by Gasteiger charge is 2.15. The Morgan fingerprint density at radius 1 is 1.00 bits per heavy atom. The third-order valence-electron chi connectivity index (χ3n) is 4.67. The Morgan fingerprint density at radius 3 is 1.97 bits per heavy atom. The second-order valence-electron chi connectivity index (χ2n) is 7.34. The first kappa shape index (κ1) is 26.0. The highest BCUT2D eigenvalue weighted by Crippen LogP contribution is 2.14. The van der Waals surface area contributed by atoms with Gasteiger partial charge in [-0.1, -0.05) is 55.5 Å². The number of hydrogen-bond acceptors (Lipinski definition) is 7. The highest BCUT2D eigenvalue weighted by atomic mass is 32.2. The van der Waals surface area contributed by atoms with Crippen LogP contribution < -0.4 is 10.6 Å². The number of benzene rings is 2. The minimum Gasteiger partial charge on any atom is -0.473 e. The summed E-state index contributed by atoms with van der Waals surface area (Å²) in [6.45, 7) is 3.69. The van der Waals surface area contributed by atoms with Crippen LogP contribution in [-0.4, -0.2) is 60.3 Å². The molecular weight excluding hydrogens is 448 g/mol. The molecule has 0 saturated heterocycles. The van der Waals surface area contributed by atoms with Crippen LogP contribution >= 0.6 is 0 Å². The molecule has 11 heteroatoms. The van der Waals surface area contributed by atoms with Crippen molar-refractivity contribution in [1.29, 1.82) is 0 Å². The number of nitrogens with two attached hydrogens (primary N) is 1. The molecule has 0 amide bonds. The molecule has 2 aromatic rings. The number of carbonyl (C=O) groups is 2. The lowest BCUT2D eigenvalue weighted by Crippen LogP contribution is -2.34. The average molecular weight is 477 g/mol. The van der Waals surface area contributed by atoms with E-state index in [-0.39, 0.29) is 5.75 Å². The maximum atomic E-state index is 11.7. The fourth-order valence-corrected chi connectivity index (χ4v) is 4.10. The van der Waals surface area contributed by atoms with E-state index in [1.807, 2.05) is 31.2 Å². The van der Waals surface area contributed by atoms with Crippen LogP contribution in [0.15, 0.2) is 53.5 Å². The smallest absolute Gasteiger partial charge is 0.414 e. The van der Waals surface area contributed by atoms with Crippen LogP contribution in [0.25, 0.3) is 0 Å². The fourth-order valence-electron chi connectivity index (χ4n) is 3.03. The Morgan fingerprint density at radius 2 is 1.52 bits per heavy atom. The molecule has 10 nitrogen and oxygen atoms in total. The van der Waals surface area contributed by atoms with E-state index in [4.69, 9.17) is 25.6 Å². The first-order valence-corrected chi connectivity index (χ1v) is 11.9. The second-order valence-corrected chi connectivity index (χ2v) is 9.27. The van der Waals surface area contributed by atoms with Gasteiger partial charge in [-0.2, -0.15) is 0 Å². The van der Waals surface area contributed by atoms with Gasteiger partial charge in [-0.15, -0.1) is 0 Å². The van der Waals surface area contributed by atoms with Gasteiger partial charge >= 0.3 is 11.9 Å². The molecule has 2 aromatic carbocycles. The standard InChI is InChI=1S/C20H26N4O2S.C2H2O4/c1-2-13-27(25,26)23-15-18-5-3-16(4-6-18)14-17-7-9-19(10-8-17)20-22-11-12-24(20)21;3-1(4)2(5)6/h3-10,23H,2,11-15,21H2,1H3;(H,3,4)(H,5,6). The van der Waals surface area contributed by atoms with Crippen molar-refractivity contribution in [1.82, 2.24) is 9.73 Å². The third kappa shape index (κ3) is 8.64. The minimum atomic E-state index is -3.18. The molecular formula is C22H28N4O6S. The Balaban J connectivity index is 0.000000569. The number of aliphatic carboxylic acids is 2. The van der Waals surface area contributed by atoms with Gasteiger partial charge in [0.2, 0.25) is 10.0 Å². The summed E-state index contributed by atoms with van der Waals surface area (Å²) in [5.74, 6) is 3.27. The number of rotatable bonds is 8. The summed E-state index contributed by atoms with van der Waals surface area (Å²) in [5.41, 5.74) is 4.38. The predicted molar refractivity (Wildman–Crippen MR) is 124 cm³/mol. The number of amidine groups is 1. The number of carboxylic acid groups (broad SMARTS) is 2. The molecule has 0 saturated carbocycles. The van der Waals surface area contributed by atoms with Crippen LogP contribution in [0, 0.1) is 0 Å². The van der Waals surface area contributed by atoms with Crippen molar-refractivity contribution in [3.8, 4) is 0 Å². The molecule has 0 atom stereocenters. The van der Waals surface area contributed by atoms with Crippen molar-refractivity contribution in [2.24, 2.45) is 10.8 Å². The maximum absolute atomic E-state index is 11.7. The fraction of sp³-hybridized carbons (Fsp3) is 0.318. The Hall–Kier alpha value is -3.28. The molecule has 0 aliphatic carbocycles. The monoisotopic (exact) mass is 476 g/mol. The van der Waals surface area contributed by atoms with Crippen LogP contribution in [-0.2, 0) is 32.6 Å². The number of hydrogen-bond donors (Lipinski definition) is 4. The van der Waals surface area contributed by atoms with E-state index in [0.717, 1.165) is 36.5 Å². The number of nitrogens with one attached hydrogen (secondary N) is 1. The van der Waals surface area contributed by atoms with E-state index in [0.29, 0.717) is 13.0 Å². The summed E-state index contributed by atoms with van der Waals surface area (Å²) < 4.78 is 26.1. The summed E-state index contributed by atoms with van der Waals surface area (Å²) in [7, 11) is -3.18. The van der Waals surface area contributed by atoms with Crippen molar-refractivity contribution in [3.63, 3.8) is 0 Å². The maximum Gasteiger partial charge on any atom is 0.414 e. The van der Waals surface area contributed by atoms with Gasteiger partial charge in [0.05, 0.1) is 18.8 Å². The summed E-state index contributed by atoms with van der Waals surface area (Å²) in [4.78, 5) is 22.6. The van der Waals surface area contributed by atoms with Crippen LogP contribution in [0.3, 0.4) is 0 Å². The van der Waals surface area contributed by atoms with Crippen molar-refractivity contribution in [2.45, 2.75) is 26.3 Å².